The lowest BCUT2D eigenvalue weighted by atomic mass is 10.2. The van der Waals surface area contributed by atoms with Gasteiger partial charge in [0, 0.05) is 23.8 Å². The van der Waals surface area contributed by atoms with Gasteiger partial charge < -0.3 is 4.52 Å². The van der Waals surface area contributed by atoms with Crippen molar-refractivity contribution in [1.29, 1.82) is 0 Å². The van der Waals surface area contributed by atoms with Gasteiger partial charge in [-0.05, 0) is 6.07 Å². The monoisotopic (exact) mass is 171 g/mol. The topological polar surface area (TPSA) is 51.8 Å². The van der Waals surface area contributed by atoms with Crippen LogP contribution in [-0.4, -0.2) is 15.1 Å². The molecule has 0 N–H and O–H groups in total. The lowest BCUT2D eigenvalue weighted by Gasteiger charge is -1.93. The van der Waals surface area contributed by atoms with Crippen molar-refractivity contribution in [1.82, 2.24) is 15.1 Å². The number of hydrogen-bond donors (Lipinski definition) is 0. The van der Waals surface area contributed by atoms with E-state index in [0.29, 0.717) is 0 Å². The molecule has 3 rings (SSSR count). The number of fused-ring (bicyclic) bond motifs is 2. The third-order valence-corrected chi connectivity index (χ3v) is 1.94. The molecule has 1 aromatic carbocycles. The van der Waals surface area contributed by atoms with Gasteiger partial charge in [-0.15, -0.1) is 0 Å². The van der Waals surface area contributed by atoms with Gasteiger partial charge in [0.1, 0.15) is 0 Å². The molecule has 2 aromatic heterocycles. The maximum absolute atomic E-state index is 5.01. The summed E-state index contributed by atoms with van der Waals surface area (Å²) in [6.45, 7) is 0. The summed E-state index contributed by atoms with van der Waals surface area (Å²) in [5.74, 6) is 0. The molecule has 0 spiro atoms. The summed E-state index contributed by atoms with van der Waals surface area (Å²) in [5.41, 5.74) is 2.43. The van der Waals surface area contributed by atoms with Crippen molar-refractivity contribution >= 4 is 22.0 Å². The minimum absolute atomic E-state index is 0.744. The minimum atomic E-state index is 0.744. The second kappa shape index (κ2) is 2.26. The van der Waals surface area contributed by atoms with Crippen LogP contribution in [0.3, 0.4) is 0 Å². The highest BCUT2D eigenvalue weighted by Crippen LogP contribution is 2.18. The molecule has 0 fully saturated rings. The molecule has 0 atom stereocenters. The summed E-state index contributed by atoms with van der Waals surface area (Å²) < 4.78 is 5.01. The fourth-order valence-electron chi connectivity index (χ4n) is 1.33. The quantitative estimate of drug-likeness (QED) is 0.517. The van der Waals surface area contributed by atoms with Crippen LogP contribution in [-0.2, 0) is 0 Å². The maximum atomic E-state index is 5.01. The fraction of sp³-hybridized carbons (Fsp3) is 0. The first kappa shape index (κ1) is 6.54. The average molecular weight is 171 g/mol. The van der Waals surface area contributed by atoms with E-state index in [4.69, 9.17) is 4.52 Å². The normalized spacial score (nSPS) is 11.1. The molecule has 0 radical (unpaired) electrons. The molecule has 0 aliphatic carbocycles. The predicted octanol–water partition coefficient (Wildman–Crippen LogP) is 1.77. The third-order valence-electron chi connectivity index (χ3n) is 1.94. The van der Waals surface area contributed by atoms with Crippen molar-refractivity contribution in [2.45, 2.75) is 0 Å². The molecular formula is C9H5N3O. The van der Waals surface area contributed by atoms with Crippen molar-refractivity contribution < 1.29 is 4.52 Å². The molecule has 2 heterocycles. The zero-order valence-electron chi connectivity index (χ0n) is 6.64. The second-order valence-corrected chi connectivity index (χ2v) is 2.76. The van der Waals surface area contributed by atoms with E-state index in [2.05, 4.69) is 15.1 Å². The van der Waals surface area contributed by atoms with E-state index in [9.17, 15) is 0 Å². The molecule has 62 valence electrons. The Balaban J connectivity index is 2.57. The Morgan fingerprint density at radius 1 is 1.00 bits per heavy atom. The van der Waals surface area contributed by atoms with Gasteiger partial charge in [0.15, 0.2) is 5.58 Å². The van der Waals surface area contributed by atoms with Crippen LogP contribution >= 0.6 is 0 Å². The summed E-state index contributed by atoms with van der Waals surface area (Å²) in [4.78, 5) is 8.34. The highest BCUT2D eigenvalue weighted by molar-refractivity contribution is 5.91. The molecule has 0 aliphatic rings. The van der Waals surface area contributed by atoms with Crippen molar-refractivity contribution in [3.63, 3.8) is 0 Å². The molecule has 0 unspecified atom stereocenters. The van der Waals surface area contributed by atoms with Crippen LogP contribution in [0.1, 0.15) is 0 Å². The summed E-state index contributed by atoms with van der Waals surface area (Å²) in [6, 6.07) is 3.75. The Kier molecular flexibility index (Phi) is 1.14. The highest BCUT2D eigenvalue weighted by atomic mass is 16.5. The van der Waals surface area contributed by atoms with Crippen LogP contribution in [0.15, 0.2) is 35.2 Å². The van der Waals surface area contributed by atoms with Gasteiger partial charge in [-0.1, -0.05) is 5.16 Å². The van der Waals surface area contributed by atoms with Gasteiger partial charge >= 0.3 is 0 Å². The van der Waals surface area contributed by atoms with Crippen LogP contribution in [0, 0.1) is 0 Å². The molecule has 4 heteroatoms. The smallest absolute Gasteiger partial charge is 0.169 e. The molecule has 0 bridgehead atoms. The number of benzene rings is 1. The van der Waals surface area contributed by atoms with Gasteiger partial charge in [0.05, 0.1) is 17.2 Å². The first-order chi connectivity index (χ1) is 6.43. The Morgan fingerprint density at radius 3 is 2.62 bits per heavy atom. The van der Waals surface area contributed by atoms with Gasteiger partial charge in [-0.3, -0.25) is 9.97 Å². The fourth-order valence-corrected chi connectivity index (χ4v) is 1.33. The Hall–Kier alpha value is -1.97. The number of nitrogens with zero attached hydrogens (tertiary/aromatic N) is 3. The van der Waals surface area contributed by atoms with Gasteiger partial charge in [-0.25, -0.2) is 0 Å². The minimum Gasteiger partial charge on any atom is -0.356 e. The van der Waals surface area contributed by atoms with Crippen molar-refractivity contribution in [2.24, 2.45) is 0 Å². The summed E-state index contributed by atoms with van der Waals surface area (Å²) in [5, 5.41) is 4.65. The Morgan fingerprint density at radius 2 is 1.77 bits per heavy atom. The lowest BCUT2D eigenvalue weighted by Crippen LogP contribution is -1.80. The van der Waals surface area contributed by atoms with Crippen LogP contribution in [0.2, 0.25) is 0 Å². The van der Waals surface area contributed by atoms with E-state index in [0.717, 1.165) is 22.0 Å². The SMILES string of the molecule is c1cnc2cc3oncc3cc2n1. The molecule has 0 aliphatic heterocycles. The molecule has 0 amide bonds. The molecule has 0 saturated heterocycles. The standard InChI is InChI=1S/C9H5N3O/c1-2-11-8-4-9-6(5-12-13-9)3-7(8)10-1/h1-5H. The molecular weight excluding hydrogens is 166 g/mol. The van der Waals surface area contributed by atoms with E-state index in [1.165, 1.54) is 0 Å². The van der Waals surface area contributed by atoms with Gasteiger partial charge in [0.2, 0.25) is 0 Å². The van der Waals surface area contributed by atoms with Gasteiger partial charge in [0.25, 0.3) is 0 Å². The largest absolute Gasteiger partial charge is 0.356 e. The van der Waals surface area contributed by atoms with Crippen LogP contribution in [0.4, 0.5) is 0 Å². The predicted molar refractivity (Wildman–Crippen MR) is 47.1 cm³/mol. The third kappa shape index (κ3) is 0.885. The van der Waals surface area contributed by atoms with E-state index < -0.39 is 0 Å². The van der Waals surface area contributed by atoms with Crippen molar-refractivity contribution in [3.05, 3.63) is 30.7 Å². The molecule has 3 aromatic rings. The first-order valence-corrected chi connectivity index (χ1v) is 3.89. The Labute approximate surface area is 73.2 Å². The number of aromatic nitrogens is 3. The zero-order valence-corrected chi connectivity index (χ0v) is 6.64. The summed E-state index contributed by atoms with van der Waals surface area (Å²) in [6.07, 6.45) is 5.00. The van der Waals surface area contributed by atoms with Crippen LogP contribution in [0.5, 0.6) is 0 Å². The number of hydrogen-bond acceptors (Lipinski definition) is 4. The highest BCUT2D eigenvalue weighted by Gasteiger charge is 2.01. The summed E-state index contributed by atoms with van der Waals surface area (Å²) >= 11 is 0. The zero-order chi connectivity index (χ0) is 8.67. The van der Waals surface area contributed by atoms with Crippen molar-refractivity contribution in [3.8, 4) is 0 Å². The van der Waals surface area contributed by atoms with E-state index in [1.54, 1.807) is 18.6 Å². The second-order valence-electron chi connectivity index (χ2n) is 2.76. The maximum Gasteiger partial charge on any atom is 0.169 e. The first-order valence-electron chi connectivity index (χ1n) is 3.89. The summed E-state index contributed by atoms with van der Waals surface area (Å²) in [7, 11) is 0. The number of rotatable bonds is 0. The van der Waals surface area contributed by atoms with Crippen LogP contribution < -0.4 is 0 Å². The van der Waals surface area contributed by atoms with E-state index in [-0.39, 0.29) is 0 Å². The molecule has 13 heavy (non-hydrogen) atoms. The van der Waals surface area contributed by atoms with Gasteiger partial charge in [-0.2, -0.15) is 0 Å². The lowest BCUT2D eigenvalue weighted by molar-refractivity contribution is 0.456. The van der Waals surface area contributed by atoms with E-state index >= 15 is 0 Å². The molecule has 0 saturated carbocycles. The molecule has 4 nitrogen and oxygen atoms in total. The van der Waals surface area contributed by atoms with Crippen LogP contribution in [0.25, 0.3) is 22.0 Å². The Bertz CT molecular complexity index is 523. The van der Waals surface area contributed by atoms with E-state index in [1.807, 2.05) is 12.1 Å². The average Bonchev–Trinajstić information content (AvgIpc) is 2.61. The van der Waals surface area contributed by atoms with Crippen molar-refractivity contribution in [2.75, 3.05) is 0 Å².